The zero-order valence-electron chi connectivity index (χ0n) is 27.3. The topological polar surface area (TPSA) is 103 Å². The number of likely N-dealkylation sites (N-methyl/N-ethyl adjacent to an activating group) is 1. The number of anilines is 1. The molecule has 0 aliphatic carbocycles. The van der Waals surface area contributed by atoms with Gasteiger partial charge < -0.3 is 24.4 Å². The highest BCUT2D eigenvalue weighted by molar-refractivity contribution is 6.07. The van der Waals surface area contributed by atoms with Gasteiger partial charge in [0, 0.05) is 48.6 Å². The highest BCUT2D eigenvalue weighted by atomic mass is 16.5. The van der Waals surface area contributed by atoms with Crippen molar-refractivity contribution in [3.8, 4) is 22.9 Å². The molecule has 10 nitrogen and oxygen atoms in total. The highest BCUT2D eigenvalue weighted by Crippen LogP contribution is 2.47. The largest absolute Gasteiger partial charge is 0.491 e. The molecular weight excluding hydrogens is 578 g/mol. The van der Waals surface area contributed by atoms with E-state index >= 15 is 0 Å². The Labute approximate surface area is 270 Å². The van der Waals surface area contributed by atoms with E-state index in [1.807, 2.05) is 19.2 Å². The molecule has 2 aromatic heterocycles. The molecular formula is C36H45N7O3. The predicted molar refractivity (Wildman–Crippen MR) is 183 cm³/mol. The number of ether oxygens (including phenoxy) is 2. The van der Waals surface area contributed by atoms with Gasteiger partial charge in [-0.15, -0.1) is 0 Å². The van der Waals surface area contributed by atoms with Crippen molar-refractivity contribution in [2.24, 2.45) is 5.41 Å². The van der Waals surface area contributed by atoms with Gasteiger partial charge in [0.15, 0.2) is 5.75 Å². The lowest BCUT2D eigenvalue weighted by Crippen LogP contribution is -2.62. The summed E-state index contributed by atoms with van der Waals surface area (Å²) >= 11 is 0. The number of hydrogen-bond acceptors (Lipinski definition) is 9. The molecule has 10 heteroatoms. The van der Waals surface area contributed by atoms with E-state index in [1.54, 1.807) is 6.08 Å². The van der Waals surface area contributed by atoms with Crippen molar-refractivity contribution in [1.29, 1.82) is 0 Å². The van der Waals surface area contributed by atoms with E-state index in [-0.39, 0.29) is 5.41 Å². The third-order valence-electron chi connectivity index (χ3n) is 10.4. The third kappa shape index (κ3) is 5.32. The van der Waals surface area contributed by atoms with Gasteiger partial charge in [0.2, 0.25) is 0 Å². The summed E-state index contributed by atoms with van der Waals surface area (Å²) in [5, 5.41) is 19.7. The normalized spacial score (nSPS) is 20.7. The van der Waals surface area contributed by atoms with Crippen molar-refractivity contribution >= 4 is 33.7 Å². The minimum Gasteiger partial charge on any atom is -0.491 e. The van der Waals surface area contributed by atoms with Crippen molar-refractivity contribution < 1.29 is 14.6 Å². The van der Waals surface area contributed by atoms with Crippen LogP contribution in [0.25, 0.3) is 39.0 Å². The van der Waals surface area contributed by atoms with E-state index in [9.17, 15) is 5.11 Å². The number of benzene rings is 2. The van der Waals surface area contributed by atoms with Gasteiger partial charge in [-0.25, -0.2) is 0 Å². The number of likely N-dealkylation sites (tertiary alicyclic amines) is 2. The molecule has 0 saturated carbocycles. The number of piperidine rings is 1. The van der Waals surface area contributed by atoms with Crippen LogP contribution in [0.5, 0.6) is 11.8 Å². The number of nitrogens with one attached hydrogen (secondary N) is 1. The molecule has 242 valence electrons. The number of rotatable bonds is 10. The quantitative estimate of drug-likeness (QED) is 0.225. The van der Waals surface area contributed by atoms with Gasteiger partial charge in [-0.05, 0) is 93.4 Å². The first-order valence-electron chi connectivity index (χ1n) is 16.5. The molecule has 0 amide bonds. The number of nitrogens with zero attached hydrogens (tertiary/aromatic N) is 6. The third-order valence-corrected chi connectivity index (χ3v) is 10.4. The molecule has 5 heterocycles. The molecule has 1 unspecified atom stereocenters. The Balaban J connectivity index is 1.34. The molecule has 3 aliphatic rings. The monoisotopic (exact) mass is 623 g/mol. The summed E-state index contributed by atoms with van der Waals surface area (Å²) in [7, 11) is 2.15. The van der Waals surface area contributed by atoms with Crippen molar-refractivity contribution in [2.45, 2.75) is 51.8 Å². The fourth-order valence-electron chi connectivity index (χ4n) is 7.71. The second kappa shape index (κ2) is 12.3. The molecule has 1 spiro atoms. The van der Waals surface area contributed by atoms with Crippen molar-refractivity contribution in [3.63, 3.8) is 0 Å². The first kappa shape index (κ1) is 30.7. The van der Waals surface area contributed by atoms with Gasteiger partial charge in [0.25, 0.3) is 0 Å². The van der Waals surface area contributed by atoms with E-state index in [2.05, 4.69) is 70.2 Å². The van der Waals surface area contributed by atoms with Gasteiger partial charge in [-0.1, -0.05) is 25.3 Å². The second-order valence-electron chi connectivity index (χ2n) is 13.3. The lowest BCUT2D eigenvalue weighted by Gasteiger charge is -2.55. The molecule has 3 saturated heterocycles. The number of hydrogen-bond donors (Lipinski definition) is 2. The SMILES string of the molecule is C=Cc1cc2c(N3CCC4(CC3)CN(C(O)C=C)C4)nc(OC[C@@H]3CCCN3C)nc2c(OCC)c1-c1c(C)ccc2[nH]ncc12. The van der Waals surface area contributed by atoms with Crippen LogP contribution in [0.15, 0.2) is 43.6 Å². The van der Waals surface area contributed by atoms with E-state index in [0.717, 1.165) is 102 Å². The Hall–Kier alpha value is -3.99. The molecule has 0 bridgehead atoms. The maximum atomic E-state index is 10.2. The van der Waals surface area contributed by atoms with Crippen LogP contribution in [0.1, 0.15) is 43.7 Å². The summed E-state index contributed by atoms with van der Waals surface area (Å²) in [5.41, 5.74) is 6.00. The van der Waals surface area contributed by atoms with Crippen LogP contribution in [-0.2, 0) is 0 Å². The van der Waals surface area contributed by atoms with Gasteiger partial charge in [0.05, 0.1) is 18.3 Å². The van der Waals surface area contributed by atoms with Gasteiger partial charge in [-0.2, -0.15) is 15.1 Å². The molecule has 7 rings (SSSR count). The minimum absolute atomic E-state index is 0.215. The molecule has 2 aromatic carbocycles. The maximum absolute atomic E-state index is 10.2. The van der Waals surface area contributed by atoms with Crippen LogP contribution in [0.4, 0.5) is 5.82 Å². The number of aromatic nitrogens is 4. The zero-order chi connectivity index (χ0) is 32.0. The average Bonchev–Trinajstić information content (AvgIpc) is 3.71. The Morgan fingerprint density at radius 1 is 1.11 bits per heavy atom. The summed E-state index contributed by atoms with van der Waals surface area (Å²) in [6.45, 7) is 17.7. The van der Waals surface area contributed by atoms with Crippen molar-refractivity contribution in [1.82, 2.24) is 30.0 Å². The summed E-state index contributed by atoms with van der Waals surface area (Å²) < 4.78 is 13.0. The average molecular weight is 624 g/mol. The molecule has 2 atom stereocenters. The Kier molecular flexibility index (Phi) is 8.21. The van der Waals surface area contributed by atoms with Crippen LogP contribution in [0.3, 0.4) is 0 Å². The van der Waals surface area contributed by atoms with Crippen LogP contribution < -0.4 is 14.4 Å². The molecule has 46 heavy (non-hydrogen) atoms. The summed E-state index contributed by atoms with van der Waals surface area (Å²) in [6.07, 6.45) is 9.13. The predicted octanol–water partition coefficient (Wildman–Crippen LogP) is 5.40. The Bertz CT molecular complexity index is 1770. The van der Waals surface area contributed by atoms with Crippen LogP contribution in [0.2, 0.25) is 0 Å². The van der Waals surface area contributed by atoms with Crippen LogP contribution in [0, 0.1) is 12.3 Å². The fourth-order valence-corrected chi connectivity index (χ4v) is 7.71. The zero-order valence-corrected chi connectivity index (χ0v) is 27.3. The Morgan fingerprint density at radius 3 is 2.61 bits per heavy atom. The number of H-pyrrole nitrogens is 1. The molecule has 3 aliphatic heterocycles. The number of aryl methyl sites for hydroxylation is 1. The van der Waals surface area contributed by atoms with Crippen LogP contribution >= 0.6 is 0 Å². The molecule has 0 radical (unpaired) electrons. The van der Waals surface area contributed by atoms with E-state index < -0.39 is 6.23 Å². The van der Waals surface area contributed by atoms with E-state index in [0.29, 0.717) is 31.0 Å². The minimum atomic E-state index is -0.576. The van der Waals surface area contributed by atoms with E-state index in [1.165, 1.54) is 6.42 Å². The first-order chi connectivity index (χ1) is 22.3. The number of aliphatic hydroxyl groups excluding tert-OH is 1. The number of aliphatic hydroxyl groups is 1. The lowest BCUT2D eigenvalue weighted by molar-refractivity contribution is -0.0982. The fraction of sp³-hybridized carbons (Fsp3) is 0.472. The number of aromatic amines is 1. The van der Waals surface area contributed by atoms with Gasteiger partial charge in [-0.3, -0.25) is 10.00 Å². The van der Waals surface area contributed by atoms with Crippen molar-refractivity contribution in [3.05, 3.63) is 54.8 Å². The summed E-state index contributed by atoms with van der Waals surface area (Å²) in [4.78, 5) is 17.0. The smallest absolute Gasteiger partial charge is 0.319 e. The highest BCUT2D eigenvalue weighted by Gasteiger charge is 2.46. The molecule has 4 aromatic rings. The number of fused-ring (bicyclic) bond motifs is 2. The molecule has 2 N–H and O–H groups in total. The van der Waals surface area contributed by atoms with Gasteiger partial charge >= 0.3 is 6.01 Å². The van der Waals surface area contributed by atoms with Gasteiger partial charge in [0.1, 0.15) is 24.2 Å². The Morgan fingerprint density at radius 2 is 1.91 bits per heavy atom. The summed E-state index contributed by atoms with van der Waals surface area (Å²) in [6, 6.07) is 7.06. The lowest BCUT2D eigenvalue weighted by atomic mass is 9.72. The van der Waals surface area contributed by atoms with Crippen LogP contribution in [-0.4, -0.2) is 100 Å². The summed E-state index contributed by atoms with van der Waals surface area (Å²) in [5.74, 6) is 1.57. The molecule has 3 fully saturated rings. The van der Waals surface area contributed by atoms with Crippen molar-refractivity contribution in [2.75, 3.05) is 57.9 Å². The standard InChI is InChI=1S/C36H45N7O3/c1-6-24-18-26-32(33(45-8-3)31(24)30-23(4)11-12-28-27(30)19-37-40-28)38-35(46-20-25-10-9-15-41(25)5)39-34(26)42-16-13-36(14-17-42)21-43(22-36)29(44)7-2/h6-7,11-12,18-19,25,29,44H,1-2,8-10,13-17,20-22H2,3-5H3,(H,37,40)/t25-,29?/m0/s1. The van der Waals surface area contributed by atoms with E-state index in [4.69, 9.17) is 19.4 Å². The second-order valence-corrected chi connectivity index (χ2v) is 13.3. The first-order valence-corrected chi connectivity index (χ1v) is 16.5. The maximum Gasteiger partial charge on any atom is 0.319 e.